The molecule has 1 aromatic heterocycles. The van der Waals surface area contributed by atoms with Gasteiger partial charge < -0.3 is 9.88 Å². The van der Waals surface area contributed by atoms with Crippen LogP contribution in [-0.4, -0.2) is 27.0 Å². The number of nitrogens with zero attached hydrogens (tertiary/aromatic N) is 2. The van der Waals surface area contributed by atoms with Crippen molar-refractivity contribution >= 4 is 29.1 Å². The van der Waals surface area contributed by atoms with Crippen molar-refractivity contribution in [1.29, 1.82) is 0 Å². The number of hydrogen-bond donors (Lipinski definition) is 1. The van der Waals surface area contributed by atoms with Gasteiger partial charge in [0.1, 0.15) is 0 Å². The van der Waals surface area contributed by atoms with Crippen molar-refractivity contribution in [2.45, 2.75) is 44.8 Å². The third-order valence-corrected chi connectivity index (χ3v) is 5.13. The van der Waals surface area contributed by atoms with Crippen LogP contribution in [0, 0.1) is 13.8 Å². The first-order chi connectivity index (χ1) is 11.5. The summed E-state index contributed by atoms with van der Waals surface area (Å²) >= 11 is 1.47. The lowest BCUT2D eigenvalue weighted by Gasteiger charge is -2.08. The fourth-order valence-electron chi connectivity index (χ4n) is 2.58. The molecule has 1 aliphatic rings. The summed E-state index contributed by atoms with van der Waals surface area (Å²) in [6.07, 6.45) is 2.39. The number of thioether (sulfide) groups is 1. The number of nitrogens with one attached hydrogen (secondary N) is 1. The molecule has 1 saturated carbocycles. The van der Waals surface area contributed by atoms with Gasteiger partial charge in [-0.3, -0.25) is 9.59 Å². The summed E-state index contributed by atoms with van der Waals surface area (Å²) < 4.78 is 2.26. The summed E-state index contributed by atoms with van der Waals surface area (Å²) in [6.45, 7) is 5.62. The Morgan fingerprint density at radius 3 is 2.50 bits per heavy atom. The molecule has 2 aromatic rings. The first-order valence-electron chi connectivity index (χ1n) is 8.05. The van der Waals surface area contributed by atoms with Crippen molar-refractivity contribution in [3.63, 3.8) is 0 Å². The minimum atomic E-state index is -0.0729. The Kier molecular flexibility index (Phi) is 4.76. The fraction of sp³-hybridized carbons (Fsp3) is 0.389. The zero-order valence-corrected chi connectivity index (χ0v) is 14.9. The van der Waals surface area contributed by atoms with E-state index in [0.717, 1.165) is 10.9 Å². The molecule has 126 valence electrons. The zero-order chi connectivity index (χ0) is 17.3. The van der Waals surface area contributed by atoms with Gasteiger partial charge in [0.15, 0.2) is 10.9 Å². The molecule has 1 heterocycles. The summed E-state index contributed by atoms with van der Waals surface area (Å²) in [4.78, 5) is 28.0. The van der Waals surface area contributed by atoms with Gasteiger partial charge in [0.05, 0.1) is 11.4 Å². The van der Waals surface area contributed by atoms with Crippen LogP contribution in [0.4, 0.5) is 5.69 Å². The molecule has 0 saturated heterocycles. The van der Waals surface area contributed by atoms with Crippen LogP contribution in [0.5, 0.6) is 0 Å². The molecule has 0 atom stereocenters. The van der Waals surface area contributed by atoms with E-state index in [0.29, 0.717) is 23.0 Å². The predicted molar refractivity (Wildman–Crippen MR) is 95.8 cm³/mol. The molecule has 1 aliphatic carbocycles. The molecule has 1 N–H and O–H groups in total. The molecule has 5 nitrogen and oxygen atoms in total. The summed E-state index contributed by atoms with van der Waals surface area (Å²) in [5.74, 6) is 0.258. The van der Waals surface area contributed by atoms with Gasteiger partial charge in [-0.05, 0) is 57.9 Å². The maximum Gasteiger partial charge on any atom is 0.234 e. The van der Waals surface area contributed by atoms with Gasteiger partial charge in [0, 0.05) is 23.0 Å². The maximum absolute atomic E-state index is 12.2. The van der Waals surface area contributed by atoms with E-state index in [1.807, 2.05) is 6.92 Å². The monoisotopic (exact) mass is 343 g/mol. The van der Waals surface area contributed by atoms with Crippen LogP contribution in [0.25, 0.3) is 0 Å². The van der Waals surface area contributed by atoms with E-state index >= 15 is 0 Å². The largest absolute Gasteiger partial charge is 0.325 e. The first-order valence-corrected chi connectivity index (χ1v) is 9.03. The normalized spacial score (nSPS) is 13.8. The number of carbonyl (C=O) groups excluding carboxylic acids is 2. The summed E-state index contributed by atoms with van der Waals surface area (Å²) in [5, 5.41) is 3.78. The molecule has 24 heavy (non-hydrogen) atoms. The van der Waals surface area contributed by atoms with E-state index in [2.05, 4.69) is 21.8 Å². The van der Waals surface area contributed by atoms with Crippen molar-refractivity contribution in [1.82, 2.24) is 9.55 Å². The van der Waals surface area contributed by atoms with Gasteiger partial charge in [-0.2, -0.15) is 0 Å². The molecule has 0 bridgehead atoms. The third-order valence-electron chi connectivity index (χ3n) is 4.17. The van der Waals surface area contributed by atoms with Crippen LogP contribution in [0.15, 0.2) is 29.4 Å². The number of Topliss-reactive ketones (excluding diaryl/α,β-unsaturated/α-hetero) is 1. The highest BCUT2D eigenvalue weighted by molar-refractivity contribution is 7.99. The number of ketones is 1. The number of carbonyl (C=O) groups is 2. The second kappa shape index (κ2) is 6.81. The average Bonchev–Trinajstić information content (AvgIpc) is 3.33. The van der Waals surface area contributed by atoms with Gasteiger partial charge in [-0.1, -0.05) is 11.8 Å². The standard InChI is InChI=1S/C18H21N3O2S/c1-11-12(2)21(16-8-9-16)18(19-11)24-10-17(23)20-15-6-4-14(5-7-15)13(3)22/h4-7,16H,8-10H2,1-3H3,(H,20,23). The van der Waals surface area contributed by atoms with E-state index in [1.165, 1.54) is 37.2 Å². The fourth-order valence-corrected chi connectivity index (χ4v) is 3.53. The zero-order valence-electron chi connectivity index (χ0n) is 14.1. The number of hydrogen-bond acceptors (Lipinski definition) is 4. The second-order valence-electron chi connectivity index (χ2n) is 6.14. The lowest BCUT2D eigenvalue weighted by Crippen LogP contribution is -2.14. The first kappa shape index (κ1) is 16.8. The highest BCUT2D eigenvalue weighted by Gasteiger charge is 2.28. The molecule has 0 aliphatic heterocycles. The smallest absolute Gasteiger partial charge is 0.234 e. The van der Waals surface area contributed by atoms with Crippen molar-refractivity contribution in [2.75, 3.05) is 11.1 Å². The highest BCUT2D eigenvalue weighted by atomic mass is 32.2. The van der Waals surface area contributed by atoms with Crippen LogP contribution < -0.4 is 5.32 Å². The van der Waals surface area contributed by atoms with Gasteiger partial charge in [0.2, 0.25) is 5.91 Å². The van der Waals surface area contributed by atoms with Gasteiger partial charge >= 0.3 is 0 Å². The van der Waals surface area contributed by atoms with Crippen LogP contribution in [0.2, 0.25) is 0 Å². The van der Waals surface area contributed by atoms with E-state index in [4.69, 9.17) is 0 Å². The highest BCUT2D eigenvalue weighted by Crippen LogP contribution is 2.39. The minimum absolute atomic E-state index is 0.0149. The lowest BCUT2D eigenvalue weighted by molar-refractivity contribution is -0.113. The lowest BCUT2D eigenvalue weighted by atomic mass is 10.1. The predicted octanol–water partition coefficient (Wildman–Crippen LogP) is 3.77. The van der Waals surface area contributed by atoms with Crippen LogP contribution in [0.3, 0.4) is 0 Å². The molecule has 1 amide bonds. The Bertz CT molecular complexity index is 776. The Hall–Kier alpha value is -2.08. The number of anilines is 1. The number of aryl methyl sites for hydroxylation is 1. The Balaban J connectivity index is 1.60. The molecule has 1 aromatic carbocycles. The third kappa shape index (κ3) is 3.70. The van der Waals surface area contributed by atoms with E-state index < -0.39 is 0 Å². The summed E-state index contributed by atoms with van der Waals surface area (Å²) in [5.41, 5.74) is 3.56. The molecule has 6 heteroatoms. The average molecular weight is 343 g/mol. The topological polar surface area (TPSA) is 64.0 Å². The second-order valence-corrected chi connectivity index (χ2v) is 7.08. The number of amides is 1. The summed E-state index contributed by atoms with van der Waals surface area (Å²) in [7, 11) is 0. The maximum atomic E-state index is 12.2. The molecular weight excluding hydrogens is 322 g/mol. The number of aromatic nitrogens is 2. The van der Waals surface area contributed by atoms with Gasteiger partial charge in [-0.25, -0.2) is 4.98 Å². The Morgan fingerprint density at radius 2 is 1.92 bits per heavy atom. The number of imidazole rings is 1. The molecule has 0 radical (unpaired) electrons. The molecule has 0 spiro atoms. The molecule has 0 unspecified atom stereocenters. The Labute approximate surface area is 145 Å². The Morgan fingerprint density at radius 1 is 1.25 bits per heavy atom. The molecule has 1 fully saturated rings. The van der Waals surface area contributed by atoms with Crippen molar-refractivity contribution in [2.24, 2.45) is 0 Å². The van der Waals surface area contributed by atoms with Crippen LogP contribution in [-0.2, 0) is 4.79 Å². The molecule has 3 rings (SSSR count). The summed E-state index contributed by atoms with van der Waals surface area (Å²) in [6, 6.07) is 7.49. The minimum Gasteiger partial charge on any atom is -0.325 e. The van der Waals surface area contributed by atoms with Crippen LogP contribution in [0.1, 0.15) is 47.6 Å². The van der Waals surface area contributed by atoms with Crippen molar-refractivity contribution in [3.8, 4) is 0 Å². The van der Waals surface area contributed by atoms with E-state index in [-0.39, 0.29) is 11.7 Å². The van der Waals surface area contributed by atoms with Crippen molar-refractivity contribution < 1.29 is 9.59 Å². The quantitative estimate of drug-likeness (QED) is 0.640. The molecular formula is C18H21N3O2S. The van der Waals surface area contributed by atoms with Gasteiger partial charge in [-0.15, -0.1) is 0 Å². The number of benzene rings is 1. The van der Waals surface area contributed by atoms with Crippen molar-refractivity contribution in [3.05, 3.63) is 41.2 Å². The van der Waals surface area contributed by atoms with Crippen LogP contribution >= 0.6 is 11.8 Å². The van der Waals surface area contributed by atoms with Gasteiger partial charge in [0.25, 0.3) is 0 Å². The van der Waals surface area contributed by atoms with E-state index in [1.54, 1.807) is 24.3 Å². The SMILES string of the molecule is CC(=O)c1ccc(NC(=O)CSc2nc(C)c(C)n2C2CC2)cc1. The number of rotatable bonds is 6. The van der Waals surface area contributed by atoms with E-state index in [9.17, 15) is 9.59 Å².